The number of carboxylic acids is 1. The van der Waals surface area contributed by atoms with Crippen LogP contribution in [-0.2, 0) is 11.3 Å². The van der Waals surface area contributed by atoms with Crippen molar-refractivity contribution in [2.75, 3.05) is 6.54 Å². The van der Waals surface area contributed by atoms with Gasteiger partial charge in [-0.15, -0.1) is 0 Å². The first-order chi connectivity index (χ1) is 9.56. The highest BCUT2D eigenvalue weighted by molar-refractivity contribution is 5.66. The van der Waals surface area contributed by atoms with E-state index in [-0.39, 0.29) is 12.5 Å². The minimum Gasteiger partial charge on any atom is -0.481 e. The summed E-state index contributed by atoms with van der Waals surface area (Å²) in [6.45, 7) is 5.08. The Bertz CT molecular complexity index is 545. The van der Waals surface area contributed by atoms with E-state index in [1.54, 1.807) is 18.4 Å². The zero-order chi connectivity index (χ0) is 14.5. The van der Waals surface area contributed by atoms with E-state index in [9.17, 15) is 4.79 Å². The normalized spacial score (nSPS) is 11.4. The molecule has 0 fully saturated rings. The predicted octanol–water partition coefficient (Wildman–Crippen LogP) is 2.62. The molecular formula is C14H18N2O4. The number of carbonyl (C=O) groups is 1. The van der Waals surface area contributed by atoms with Gasteiger partial charge in [-0.25, -0.2) is 0 Å². The second kappa shape index (κ2) is 6.38. The molecule has 2 rings (SSSR count). The molecule has 0 amide bonds. The van der Waals surface area contributed by atoms with Crippen LogP contribution in [0.3, 0.4) is 0 Å². The van der Waals surface area contributed by atoms with Gasteiger partial charge in [-0.1, -0.05) is 5.16 Å². The summed E-state index contributed by atoms with van der Waals surface area (Å²) in [5, 5.41) is 12.8. The summed E-state index contributed by atoms with van der Waals surface area (Å²) in [6, 6.07) is 5.63. The SMILES string of the molecule is CC(C)N(CCC(=O)O)Cc1cc(-c2ccco2)on1. The zero-order valence-electron chi connectivity index (χ0n) is 11.6. The van der Waals surface area contributed by atoms with Crippen LogP contribution < -0.4 is 0 Å². The zero-order valence-corrected chi connectivity index (χ0v) is 11.6. The predicted molar refractivity (Wildman–Crippen MR) is 72.0 cm³/mol. The number of hydrogen-bond donors (Lipinski definition) is 1. The van der Waals surface area contributed by atoms with Crippen molar-refractivity contribution < 1.29 is 18.8 Å². The molecule has 0 atom stereocenters. The Hall–Kier alpha value is -2.08. The summed E-state index contributed by atoms with van der Waals surface area (Å²) >= 11 is 0. The highest BCUT2D eigenvalue weighted by Crippen LogP contribution is 2.21. The fourth-order valence-corrected chi connectivity index (χ4v) is 1.89. The average Bonchev–Trinajstić information content (AvgIpc) is 3.04. The summed E-state index contributed by atoms with van der Waals surface area (Å²) in [5.41, 5.74) is 0.760. The first-order valence-corrected chi connectivity index (χ1v) is 6.51. The van der Waals surface area contributed by atoms with Gasteiger partial charge in [0, 0.05) is 25.2 Å². The number of furan rings is 1. The minimum atomic E-state index is -0.799. The van der Waals surface area contributed by atoms with Gasteiger partial charge < -0.3 is 14.0 Å². The van der Waals surface area contributed by atoms with Gasteiger partial charge in [0.15, 0.2) is 5.76 Å². The second-order valence-electron chi connectivity index (χ2n) is 4.87. The first-order valence-electron chi connectivity index (χ1n) is 6.51. The van der Waals surface area contributed by atoms with Crippen molar-refractivity contribution in [1.82, 2.24) is 10.1 Å². The lowest BCUT2D eigenvalue weighted by atomic mass is 10.2. The number of rotatable bonds is 7. The van der Waals surface area contributed by atoms with Gasteiger partial charge in [0.25, 0.3) is 0 Å². The Morgan fingerprint density at radius 3 is 2.85 bits per heavy atom. The van der Waals surface area contributed by atoms with E-state index < -0.39 is 5.97 Å². The van der Waals surface area contributed by atoms with Crippen LogP contribution in [0.25, 0.3) is 11.5 Å². The Labute approximate surface area is 117 Å². The number of aromatic nitrogens is 1. The van der Waals surface area contributed by atoms with Crippen LogP contribution in [0, 0.1) is 0 Å². The summed E-state index contributed by atoms with van der Waals surface area (Å²) in [7, 11) is 0. The van der Waals surface area contributed by atoms with E-state index in [4.69, 9.17) is 14.0 Å². The molecule has 2 heterocycles. The van der Waals surface area contributed by atoms with Gasteiger partial charge in [0.1, 0.15) is 0 Å². The molecule has 6 nitrogen and oxygen atoms in total. The van der Waals surface area contributed by atoms with Crippen molar-refractivity contribution in [3.05, 3.63) is 30.2 Å². The molecule has 108 valence electrons. The largest absolute Gasteiger partial charge is 0.481 e. The monoisotopic (exact) mass is 278 g/mol. The standard InChI is InChI=1S/C14H18N2O4/c1-10(2)16(6-5-14(17)18)9-11-8-13(20-15-11)12-4-3-7-19-12/h3-4,7-8,10H,5-6,9H2,1-2H3,(H,17,18). The smallest absolute Gasteiger partial charge is 0.304 e. The molecule has 0 saturated carbocycles. The molecule has 0 aliphatic rings. The number of nitrogens with zero attached hydrogens (tertiary/aromatic N) is 2. The van der Waals surface area contributed by atoms with Gasteiger partial charge in [-0.3, -0.25) is 9.69 Å². The molecule has 0 spiro atoms. The third kappa shape index (κ3) is 3.71. The van der Waals surface area contributed by atoms with E-state index in [0.717, 1.165) is 5.69 Å². The Morgan fingerprint density at radius 2 is 2.25 bits per heavy atom. The maximum Gasteiger partial charge on any atom is 0.304 e. The van der Waals surface area contributed by atoms with Crippen LogP contribution in [0.4, 0.5) is 0 Å². The molecule has 2 aromatic rings. The van der Waals surface area contributed by atoms with Gasteiger partial charge in [0.05, 0.1) is 18.4 Å². The van der Waals surface area contributed by atoms with Crippen LogP contribution in [0.2, 0.25) is 0 Å². The minimum absolute atomic E-state index is 0.112. The highest BCUT2D eigenvalue weighted by Gasteiger charge is 2.15. The molecule has 20 heavy (non-hydrogen) atoms. The fourth-order valence-electron chi connectivity index (χ4n) is 1.89. The maximum absolute atomic E-state index is 10.7. The molecule has 0 unspecified atom stereocenters. The summed E-state index contributed by atoms with van der Waals surface area (Å²) in [6.07, 6.45) is 1.69. The van der Waals surface area contributed by atoms with Crippen LogP contribution in [0.1, 0.15) is 26.0 Å². The van der Waals surface area contributed by atoms with Gasteiger partial charge in [0.2, 0.25) is 5.76 Å². The molecule has 6 heteroatoms. The molecule has 0 aromatic carbocycles. The summed E-state index contributed by atoms with van der Waals surface area (Å²) in [4.78, 5) is 12.7. The lowest BCUT2D eigenvalue weighted by molar-refractivity contribution is -0.137. The highest BCUT2D eigenvalue weighted by atomic mass is 16.5. The van der Waals surface area contributed by atoms with Crippen molar-refractivity contribution in [3.63, 3.8) is 0 Å². The van der Waals surface area contributed by atoms with E-state index in [1.807, 2.05) is 24.8 Å². The topological polar surface area (TPSA) is 79.7 Å². The Morgan fingerprint density at radius 1 is 1.45 bits per heavy atom. The van der Waals surface area contributed by atoms with Crippen LogP contribution in [0.15, 0.2) is 33.4 Å². The van der Waals surface area contributed by atoms with E-state index in [1.165, 1.54) is 0 Å². The number of aliphatic carboxylic acids is 1. The summed E-state index contributed by atoms with van der Waals surface area (Å²) < 4.78 is 10.5. The summed E-state index contributed by atoms with van der Waals surface area (Å²) in [5.74, 6) is 0.407. The van der Waals surface area contributed by atoms with E-state index in [0.29, 0.717) is 24.6 Å². The fraction of sp³-hybridized carbons (Fsp3) is 0.429. The quantitative estimate of drug-likeness (QED) is 0.838. The van der Waals surface area contributed by atoms with Crippen LogP contribution in [0.5, 0.6) is 0 Å². The van der Waals surface area contributed by atoms with Gasteiger partial charge >= 0.3 is 5.97 Å². The van der Waals surface area contributed by atoms with Crippen LogP contribution in [-0.4, -0.2) is 33.7 Å². The molecule has 0 saturated heterocycles. The lowest BCUT2D eigenvalue weighted by Gasteiger charge is -2.24. The molecular weight excluding hydrogens is 260 g/mol. The van der Waals surface area contributed by atoms with Gasteiger partial charge in [-0.05, 0) is 26.0 Å². The van der Waals surface area contributed by atoms with E-state index in [2.05, 4.69) is 5.16 Å². The van der Waals surface area contributed by atoms with E-state index >= 15 is 0 Å². The van der Waals surface area contributed by atoms with Crippen molar-refractivity contribution in [2.45, 2.75) is 32.9 Å². The third-order valence-electron chi connectivity index (χ3n) is 3.03. The molecule has 0 radical (unpaired) electrons. The number of carboxylic acid groups (broad SMARTS) is 1. The first kappa shape index (κ1) is 14.3. The molecule has 0 bridgehead atoms. The van der Waals surface area contributed by atoms with Crippen molar-refractivity contribution in [1.29, 1.82) is 0 Å². The lowest BCUT2D eigenvalue weighted by Crippen LogP contribution is -2.32. The van der Waals surface area contributed by atoms with Crippen molar-refractivity contribution in [2.24, 2.45) is 0 Å². The second-order valence-corrected chi connectivity index (χ2v) is 4.87. The molecule has 2 aromatic heterocycles. The molecule has 1 N–H and O–H groups in total. The average molecular weight is 278 g/mol. The van der Waals surface area contributed by atoms with Crippen molar-refractivity contribution >= 4 is 5.97 Å². The van der Waals surface area contributed by atoms with Gasteiger partial charge in [-0.2, -0.15) is 0 Å². The third-order valence-corrected chi connectivity index (χ3v) is 3.03. The molecule has 0 aliphatic carbocycles. The number of hydrogen-bond acceptors (Lipinski definition) is 5. The Balaban J connectivity index is 2.01. The molecule has 0 aliphatic heterocycles. The maximum atomic E-state index is 10.7. The van der Waals surface area contributed by atoms with Crippen LogP contribution >= 0.6 is 0 Å². The Kier molecular flexibility index (Phi) is 4.57. The van der Waals surface area contributed by atoms with Crippen molar-refractivity contribution in [3.8, 4) is 11.5 Å².